The Morgan fingerprint density at radius 2 is 1.81 bits per heavy atom. The van der Waals surface area contributed by atoms with Crippen molar-refractivity contribution in [1.82, 2.24) is 15.0 Å². The topological polar surface area (TPSA) is 77.7 Å². The molecule has 2 fully saturated rings. The van der Waals surface area contributed by atoms with Gasteiger partial charge >= 0.3 is 0 Å². The van der Waals surface area contributed by atoms with Crippen LogP contribution in [0, 0.1) is 5.82 Å². The number of hydrogen-bond donors (Lipinski definition) is 0. The van der Waals surface area contributed by atoms with Crippen LogP contribution in [0.4, 0.5) is 4.39 Å². The number of nitrogens with zero attached hydrogens (tertiary/aromatic N) is 3. The van der Waals surface area contributed by atoms with E-state index in [1.54, 1.807) is 4.90 Å². The second kappa shape index (κ2) is 8.37. The van der Waals surface area contributed by atoms with Crippen molar-refractivity contribution in [1.29, 1.82) is 0 Å². The van der Waals surface area contributed by atoms with Crippen molar-refractivity contribution >= 4 is 5.91 Å². The zero-order valence-electron chi connectivity index (χ0n) is 16.9. The number of hydrogen-bond acceptors (Lipinski definition) is 6. The van der Waals surface area contributed by atoms with E-state index in [9.17, 15) is 9.18 Å². The summed E-state index contributed by atoms with van der Waals surface area (Å²) in [5.41, 5.74) is 0.879. The van der Waals surface area contributed by atoms with Crippen LogP contribution >= 0.6 is 0 Å². The average molecular weight is 423 g/mol. The Morgan fingerprint density at radius 3 is 2.55 bits per heavy atom. The van der Waals surface area contributed by atoms with Crippen LogP contribution in [-0.2, 0) is 4.79 Å². The molecular weight excluding hydrogens is 401 g/mol. The van der Waals surface area contributed by atoms with E-state index in [-0.39, 0.29) is 24.4 Å². The maximum absolute atomic E-state index is 12.9. The van der Waals surface area contributed by atoms with Crippen LogP contribution in [0.25, 0.3) is 11.4 Å². The minimum atomic E-state index is -0.341. The molecule has 5 rings (SSSR count). The lowest BCUT2D eigenvalue weighted by atomic mass is 10.2. The highest BCUT2D eigenvalue weighted by Gasteiger charge is 2.30. The first kappa shape index (κ1) is 19.5. The van der Waals surface area contributed by atoms with Gasteiger partial charge in [0.15, 0.2) is 6.61 Å². The second-order valence-corrected chi connectivity index (χ2v) is 7.87. The van der Waals surface area contributed by atoms with Crippen LogP contribution in [-0.4, -0.2) is 46.7 Å². The Kier molecular flexibility index (Phi) is 5.28. The van der Waals surface area contributed by atoms with Gasteiger partial charge in [-0.05, 0) is 61.4 Å². The Hall–Kier alpha value is -3.42. The van der Waals surface area contributed by atoms with Crippen molar-refractivity contribution in [3.8, 4) is 22.9 Å². The molecule has 160 valence electrons. The molecule has 1 aliphatic carbocycles. The fourth-order valence-corrected chi connectivity index (χ4v) is 3.54. The van der Waals surface area contributed by atoms with Gasteiger partial charge in [0, 0.05) is 24.4 Å². The predicted molar refractivity (Wildman–Crippen MR) is 109 cm³/mol. The Labute approximate surface area is 178 Å². The summed E-state index contributed by atoms with van der Waals surface area (Å²) in [7, 11) is 0. The average Bonchev–Trinajstić information content (AvgIpc) is 3.33. The molecule has 1 saturated carbocycles. The summed E-state index contributed by atoms with van der Waals surface area (Å²) in [4.78, 5) is 18.6. The lowest BCUT2D eigenvalue weighted by Crippen LogP contribution is -2.34. The smallest absolute Gasteiger partial charge is 0.260 e. The summed E-state index contributed by atoms with van der Waals surface area (Å²) < 4.78 is 29.7. The molecule has 2 aliphatic rings. The lowest BCUT2D eigenvalue weighted by Gasteiger charge is -2.17. The van der Waals surface area contributed by atoms with Gasteiger partial charge < -0.3 is 18.9 Å². The molecule has 0 radical (unpaired) electrons. The first-order valence-electron chi connectivity index (χ1n) is 10.4. The number of benzene rings is 2. The molecule has 0 spiro atoms. The fraction of sp³-hybridized carbons (Fsp3) is 0.348. The van der Waals surface area contributed by atoms with E-state index < -0.39 is 0 Å². The third-order valence-electron chi connectivity index (χ3n) is 5.46. The molecule has 31 heavy (non-hydrogen) atoms. The minimum absolute atomic E-state index is 0.0766. The first-order valence-corrected chi connectivity index (χ1v) is 10.4. The molecule has 3 aromatic rings. The van der Waals surface area contributed by atoms with Gasteiger partial charge in [-0.1, -0.05) is 5.16 Å². The third-order valence-corrected chi connectivity index (χ3v) is 5.46. The van der Waals surface area contributed by atoms with E-state index in [1.807, 2.05) is 24.3 Å². The summed E-state index contributed by atoms with van der Waals surface area (Å²) >= 11 is 0. The summed E-state index contributed by atoms with van der Waals surface area (Å²) in [5, 5.41) is 4.05. The van der Waals surface area contributed by atoms with Gasteiger partial charge in [-0.3, -0.25) is 4.79 Å². The lowest BCUT2D eigenvalue weighted by molar-refractivity contribution is -0.132. The molecule has 1 amide bonds. The normalized spacial score (nSPS) is 18.2. The van der Waals surface area contributed by atoms with Gasteiger partial charge in [-0.2, -0.15) is 4.98 Å². The largest absolute Gasteiger partial charge is 0.489 e. The number of ether oxygens (including phenoxy) is 2. The molecule has 1 aromatic heterocycles. The van der Waals surface area contributed by atoms with E-state index in [0.29, 0.717) is 30.6 Å². The summed E-state index contributed by atoms with van der Waals surface area (Å²) in [5.74, 6) is 2.48. The molecule has 2 heterocycles. The van der Waals surface area contributed by atoms with Gasteiger partial charge in [0.05, 0.1) is 6.54 Å². The molecule has 1 unspecified atom stereocenters. The van der Waals surface area contributed by atoms with E-state index in [4.69, 9.17) is 14.0 Å². The van der Waals surface area contributed by atoms with Gasteiger partial charge in [0.25, 0.3) is 5.91 Å². The van der Waals surface area contributed by atoms with Crippen LogP contribution in [0.15, 0.2) is 53.1 Å². The van der Waals surface area contributed by atoms with Crippen molar-refractivity contribution in [2.45, 2.75) is 31.3 Å². The summed E-state index contributed by atoms with van der Waals surface area (Å²) in [6.07, 6.45) is 2.91. The van der Waals surface area contributed by atoms with Crippen LogP contribution in [0.1, 0.15) is 31.1 Å². The molecule has 2 aromatic carbocycles. The third kappa shape index (κ3) is 4.68. The number of carbonyl (C=O) groups excluding carboxylic acids is 1. The first-order chi connectivity index (χ1) is 15.1. The van der Waals surface area contributed by atoms with E-state index in [1.165, 1.54) is 24.3 Å². The van der Waals surface area contributed by atoms with Gasteiger partial charge in [0.1, 0.15) is 23.4 Å². The zero-order valence-corrected chi connectivity index (χ0v) is 16.9. The van der Waals surface area contributed by atoms with Gasteiger partial charge in [0.2, 0.25) is 11.7 Å². The van der Waals surface area contributed by atoms with Crippen molar-refractivity contribution in [3.05, 3.63) is 60.2 Å². The van der Waals surface area contributed by atoms with Gasteiger partial charge in [-0.25, -0.2) is 4.39 Å². The number of rotatable bonds is 7. The second-order valence-electron chi connectivity index (χ2n) is 7.87. The molecule has 1 atom stereocenters. The number of aromatic nitrogens is 2. The molecule has 1 saturated heterocycles. The predicted octanol–water partition coefficient (Wildman–Crippen LogP) is 3.81. The zero-order chi connectivity index (χ0) is 21.2. The Bertz CT molecular complexity index is 1050. The Morgan fingerprint density at radius 1 is 1.06 bits per heavy atom. The maximum atomic E-state index is 12.9. The van der Waals surface area contributed by atoms with Crippen LogP contribution in [0.5, 0.6) is 11.5 Å². The number of amides is 1. The molecule has 7 nitrogen and oxygen atoms in total. The highest BCUT2D eigenvalue weighted by atomic mass is 19.1. The van der Waals surface area contributed by atoms with Crippen LogP contribution < -0.4 is 9.47 Å². The highest BCUT2D eigenvalue weighted by Crippen LogP contribution is 2.39. The van der Waals surface area contributed by atoms with Gasteiger partial charge in [-0.15, -0.1) is 0 Å². The van der Waals surface area contributed by atoms with Crippen molar-refractivity contribution in [3.63, 3.8) is 0 Å². The van der Waals surface area contributed by atoms with E-state index in [2.05, 4.69) is 10.1 Å². The highest BCUT2D eigenvalue weighted by molar-refractivity contribution is 5.78. The van der Waals surface area contributed by atoms with E-state index in [0.717, 1.165) is 36.5 Å². The molecule has 0 N–H and O–H groups in total. The molecule has 0 bridgehead atoms. The van der Waals surface area contributed by atoms with Crippen LogP contribution in [0.2, 0.25) is 0 Å². The molecule has 8 heteroatoms. The molecule has 1 aliphatic heterocycles. The van der Waals surface area contributed by atoms with Crippen molar-refractivity contribution in [2.75, 3.05) is 19.7 Å². The summed E-state index contributed by atoms with van der Waals surface area (Å²) in [6, 6.07) is 13.2. The summed E-state index contributed by atoms with van der Waals surface area (Å²) in [6.45, 7) is 1.03. The number of halogens is 1. The maximum Gasteiger partial charge on any atom is 0.260 e. The van der Waals surface area contributed by atoms with Crippen LogP contribution in [0.3, 0.4) is 0 Å². The molecular formula is C23H22FN3O4. The SMILES string of the molecule is O=C(COc1ccc(F)cc1)N1CCC(Oc2ccc(-c3noc(C4CC4)n3)cc2)C1. The fourth-order valence-electron chi connectivity index (χ4n) is 3.54. The number of likely N-dealkylation sites (tertiary alicyclic amines) is 1. The Balaban J connectivity index is 1.11. The van der Waals surface area contributed by atoms with Crippen molar-refractivity contribution < 1.29 is 23.2 Å². The van der Waals surface area contributed by atoms with E-state index >= 15 is 0 Å². The number of carbonyl (C=O) groups is 1. The quantitative estimate of drug-likeness (QED) is 0.575. The monoisotopic (exact) mass is 423 g/mol. The standard InChI is InChI=1S/C23H22FN3O4/c24-17-5-9-18(10-6-17)29-14-21(28)27-12-11-20(13-27)30-19-7-3-15(4-8-19)22-25-23(31-26-22)16-1-2-16/h3-10,16,20H,1-2,11-14H2. The van der Waals surface area contributed by atoms with Crippen molar-refractivity contribution in [2.24, 2.45) is 0 Å². The minimum Gasteiger partial charge on any atom is -0.489 e.